The molecule has 1 aromatic carbocycles. The van der Waals surface area contributed by atoms with Gasteiger partial charge in [0.2, 0.25) is 0 Å². The SMILES string of the molecule is CC(O)(CC=O)C1Cc2c(c3ccccc3oc2=O)O1. The van der Waals surface area contributed by atoms with E-state index >= 15 is 0 Å². The van der Waals surface area contributed by atoms with Gasteiger partial charge in [-0.25, -0.2) is 4.79 Å². The standard InChI is InChI=1S/C15H14O5/c1-15(18,6-7-16)12-8-10-13(20-12)9-4-2-3-5-11(9)19-14(10)17/h2-5,7,12,18H,6,8H2,1H3. The van der Waals surface area contributed by atoms with E-state index in [0.29, 0.717) is 28.6 Å². The smallest absolute Gasteiger partial charge is 0.343 e. The maximum absolute atomic E-state index is 12.0. The zero-order chi connectivity index (χ0) is 14.3. The number of aldehydes is 1. The predicted molar refractivity (Wildman–Crippen MR) is 71.9 cm³/mol. The van der Waals surface area contributed by atoms with E-state index in [1.807, 2.05) is 6.07 Å². The highest BCUT2D eigenvalue weighted by molar-refractivity contribution is 5.85. The van der Waals surface area contributed by atoms with Crippen molar-refractivity contribution in [3.63, 3.8) is 0 Å². The third-order valence-corrected chi connectivity index (χ3v) is 3.69. The third kappa shape index (κ3) is 1.91. The minimum absolute atomic E-state index is 0.0467. The van der Waals surface area contributed by atoms with Gasteiger partial charge < -0.3 is 19.1 Å². The summed E-state index contributed by atoms with van der Waals surface area (Å²) in [4.78, 5) is 22.6. The Bertz CT molecular complexity index is 729. The van der Waals surface area contributed by atoms with Crippen LogP contribution in [0.4, 0.5) is 0 Å². The zero-order valence-corrected chi connectivity index (χ0v) is 11.0. The van der Waals surface area contributed by atoms with Crippen LogP contribution in [-0.4, -0.2) is 23.1 Å². The van der Waals surface area contributed by atoms with Crippen LogP contribution in [0.5, 0.6) is 5.75 Å². The summed E-state index contributed by atoms with van der Waals surface area (Å²) in [5.41, 5.74) is -0.899. The largest absolute Gasteiger partial charge is 0.486 e. The Hall–Kier alpha value is -2.14. The summed E-state index contributed by atoms with van der Waals surface area (Å²) in [6.45, 7) is 1.53. The van der Waals surface area contributed by atoms with Gasteiger partial charge in [0, 0.05) is 12.8 Å². The first-order valence-corrected chi connectivity index (χ1v) is 6.40. The van der Waals surface area contributed by atoms with Crippen LogP contribution in [0.25, 0.3) is 11.0 Å². The summed E-state index contributed by atoms with van der Waals surface area (Å²) in [7, 11) is 0. The minimum atomic E-state index is -1.31. The Morgan fingerprint density at radius 3 is 2.95 bits per heavy atom. The second-order valence-corrected chi connectivity index (χ2v) is 5.23. The fraction of sp³-hybridized carbons (Fsp3) is 0.333. The van der Waals surface area contributed by atoms with Gasteiger partial charge in [0.1, 0.15) is 29.3 Å². The Morgan fingerprint density at radius 1 is 1.45 bits per heavy atom. The molecule has 0 spiro atoms. The lowest BCUT2D eigenvalue weighted by Crippen LogP contribution is -2.42. The van der Waals surface area contributed by atoms with E-state index in [1.165, 1.54) is 6.92 Å². The van der Waals surface area contributed by atoms with Crippen LogP contribution in [0.3, 0.4) is 0 Å². The lowest BCUT2D eigenvalue weighted by molar-refractivity contribution is -0.115. The van der Waals surface area contributed by atoms with Crippen molar-refractivity contribution in [3.05, 3.63) is 40.2 Å². The first-order valence-electron chi connectivity index (χ1n) is 6.40. The molecule has 0 saturated heterocycles. The number of rotatable bonds is 3. The quantitative estimate of drug-likeness (QED) is 0.677. The van der Waals surface area contributed by atoms with Crippen molar-refractivity contribution in [2.75, 3.05) is 0 Å². The van der Waals surface area contributed by atoms with E-state index in [4.69, 9.17) is 9.15 Å². The Labute approximate surface area is 114 Å². The van der Waals surface area contributed by atoms with Crippen LogP contribution in [0.1, 0.15) is 18.9 Å². The molecule has 20 heavy (non-hydrogen) atoms. The van der Waals surface area contributed by atoms with Crippen LogP contribution in [0, 0.1) is 0 Å². The molecule has 0 fully saturated rings. The lowest BCUT2D eigenvalue weighted by Gasteiger charge is -2.27. The van der Waals surface area contributed by atoms with Crippen molar-refractivity contribution in [2.24, 2.45) is 0 Å². The molecule has 0 amide bonds. The van der Waals surface area contributed by atoms with Gasteiger partial charge in [-0.05, 0) is 19.1 Å². The first kappa shape index (κ1) is 12.9. The number of hydrogen-bond donors (Lipinski definition) is 1. The van der Waals surface area contributed by atoms with Gasteiger partial charge in [0.05, 0.1) is 10.9 Å². The number of benzene rings is 1. The average molecular weight is 274 g/mol. The molecule has 0 radical (unpaired) electrons. The molecule has 2 atom stereocenters. The third-order valence-electron chi connectivity index (χ3n) is 3.69. The van der Waals surface area contributed by atoms with E-state index in [1.54, 1.807) is 18.2 Å². The molecule has 0 aliphatic carbocycles. The zero-order valence-electron chi connectivity index (χ0n) is 11.0. The van der Waals surface area contributed by atoms with E-state index in [2.05, 4.69) is 0 Å². The summed E-state index contributed by atoms with van der Waals surface area (Å²) in [5, 5.41) is 11.0. The average Bonchev–Trinajstić information content (AvgIpc) is 2.85. The number of carbonyl (C=O) groups is 1. The van der Waals surface area contributed by atoms with Crippen molar-refractivity contribution < 1.29 is 19.1 Å². The molecular weight excluding hydrogens is 260 g/mol. The molecular formula is C15H14O5. The van der Waals surface area contributed by atoms with Crippen LogP contribution in [0.2, 0.25) is 0 Å². The summed E-state index contributed by atoms with van der Waals surface area (Å²) in [5.74, 6) is 0.452. The van der Waals surface area contributed by atoms with Crippen molar-refractivity contribution in [3.8, 4) is 5.75 Å². The van der Waals surface area contributed by atoms with Crippen molar-refractivity contribution >= 4 is 17.3 Å². The van der Waals surface area contributed by atoms with Crippen molar-refractivity contribution in [1.29, 1.82) is 0 Å². The highest BCUT2D eigenvalue weighted by Crippen LogP contribution is 2.37. The monoisotopic (exact) mass is 274 g/mol. The number of carbonyl (C=O) groups excluding carboxylic acids is 1. The second-order valence-electron chi connectivity index (χ2n) is 5.23. The number of aliphatic hydroxyl groups is 1. The van der Waals surface area contributed by atoms with Crippen molar-refractivity contribution in [2.45, 2.75) is 31.5 Å². The number of fused-ring (bicyclic) bond motifs is 3. The molecule has 1 N–H and O–H groups in total. The highest BCUT2D eigenvalue weighted by atomic mass is 16.5. The molecule has 5 heteroatoms. The summed E-state index contributed by atoms with van der Waals surface area (Å²) in [6, 6.07) is 7.08. The Kier molecular flexibility index (Phi) is 2.87. The van der Waals surface area contributed by atoms with Crippen LogP contribution in [0.15, 0.2) is 33.5 Å². The molecule has 1 aromatic heterocycles. The molecule has 104 valence electrons. The van der Waals surface area contributed by atoms with Gasteiger partial charge in [0.15, 0.2) is 0 Å². The molecule has 5 nitrogen and oxygen atoms in total. The summed E-state index contributed by atoms with van der Waals surface area (Å²) < 4.78 is 11.0. The molecule has 3 rings (SSSR count). The summed E-state index contributed by atoms with van der Waals surface area (Å²) in [6.07, 6.45) is 0.210. The fourth-order valence-electron chi connectivity index (χ4n) is 2.49. The Balaban J connectivity index is 2.09. The van der Waals surface area contributed by atoms with E-state index in [9.17, 15) is 14.7 Å². The molecule has 1 aliphatic heterocycles. The van der Waals surface area contributed by atoms with E-state index in [0.717, 1.165) is 0 Å². The van der Waals surface area contributed by atoms with Gasteiger partial charge >= 0.3 is 5.63 Å². The second kappa shape index (κ2) is 4.45. The highest BCUT2D eigenvalue weighted by Gasteiger charge is 2.40. The van der Waals surface area contributed by atoms with Gasteiger partial charge in [0.25, 0.3) is 0 Å². The first-order chi connectivity index (χ1) is 9.53. The van der Waals surface area contributed by atoms with Crippen molar-refractivity contribution in [1.82, 2.24) is 0 Å². The number of hydrogen-bond acceptors (Lipinski definition) is 5. The normalized spacial score (nSPS) is 20.2. The van der Waals surface area contributed by atoms with Gasteiger partial charge in [-0.1, -0.05) is 12.1 Å². The minimum Gasteiger partial charge on any atom is -0.486 e. The van der Waals surface area contributed by atoms with Crippen LogP contribution >= 0.6 is 0 Å². The molecule has 2 aromatic rings. The maximum atomic E-state index is 12.0. The van der Waals surface area contributed by atoms with E-state index < -0.39 is 17.3 Å². The number of ether oxygens (including phenoxy) is 1. The molecule has 0 bridgehead atoms. The van der Waals surface area contributed by atoms with Crippen LogP contribution in [-0.2, 0) is 11.2 Å². The van der Waals surface area contributed by atoms with Gasteiger partial charge in [-0.15, -0.1) is 0 Å². The molecule has 0 saturated carbocycles. The Morgan fingerprint density at radius 2 is 2.20 bits per heavy atom. The van der Waals surface area contributed by atoms with Gasteiger partial charge in [-0.3, -0.25) is 0 Å². The lowest BCUT2D eigenvalue weighted by atomic mass is 9.93. The van der Waals surface area contributed by atoms with Gasteiger partial charge in [-0.2, -0.15) is 0 Å². The number of para-hydroxylation sites is 1. The molecule has 1 aliphatic rings. The van der Waals surface area contributed by atoms with E-state index in [-0.39, 0.29) is 12.8 Å². The molecule has 2 unspecified atom stereocenters. The maximum Gasteiger partial charge on any atom is 0.343 e. The van der Waals surface area contributed by atoms with Crippen LogP contribution < -0.4 is 10.4 Å². The summed E-state index contributed by atoms with van der Waals surface area (Å²) >= 11 is 0. The fourth-order valence-corrected chi connectivity index (χ4v) is 2.49. The molecule has 2 heterocycles. The predicted octanol–water partition coefficient (Wildman–Crippen LogP) is 1.44. The topological polar surface area (TPSA) is 76.7 Å².